The molecular formula is C14H13ClO3. The van der Waals surface area contributed by atoms with E-state index in [2.05, 4.69) is 0 Å². The van der Waals surface area contributed by atoms with Crippen LogP contribution in [0.2, 0.25) is 5.02 Å². The maximum atomic E-state index is 10.6. The fourth-order valence-corrected chi connectivity index (χ4v) is 2.07. The summed E-state index contributed by atoms with van der Waals surface area (Å²) in [7, 11) is 0. The molecule has 2 rings (SSSR count). The predicted octanol–water partition coefficient (Wildman–Crippen LogP) is 3.74. The van der Waals surface area contributed by atoms with Crippen LogP contribution in [-0.4, -0.2) is 17.2 Å². The largest absolute Gasteiger partial charge is 0.489 e. The van der Waals surface area contributed by atoms with Gasteiger partial charge >= 0.3 is 5.97 Å². The van der Waals surface area contributed by atoms with Gasteiger partial charge in [0.1, 0.15) is 11.9 Å². The van der Waals surface area contributed by atoms with Crippen molar-refractivity contribution < 1.29 is 14.6 Å². The van der Waals surface area contributed by atoms with Gasteiger partial charge in [-0.2, -0.15) is 0 Å². The summed E-state index contributed by atoms with van der Waals surface area (Å²) in [4.78, 5) is 10.6. The van der Waals surface area contributed by atoms with Crippen molar-refractivity contribution in [1.29, 1.82) is 0 Å². The molecule has 0 aliphatic heterocycles. The molecule has 0 radical (unpaired) electrons. The third-order valence-corrected chi connectivity index (χ3v) is 2.95. The molecule has 94 valence electrons. The third kappa shape index (κ3) is 2.74. The lowest BCUT2D eigenvalue weighted by molar-refractivity contribution is -0.138. The highest BCUT2D eigenvalue weighted by molar-refractivity contribution is 6.35. The number of aliphatic carboxylic acids is 1. The van der Waals surface area contributed by atoms with E-state index in [4.69, 9.17) is 21.4 Å². The molecule has 0 saturated carbocycles. The SMILES string of the molecule is C[C@H](CC(=O)O)Oc1ccc(Cl)c2ccccc12. The first kappa shape index (κ1) is 12.7. The van der Waals surface area contributed by atoms with E-state index in [0.717, 1.165) is 10.8 Å². The lowest BCUT2D eigenvalue weighted by Crippen LogP contribution is -2.16. The molecule has 0 aromatic heterocycles. The van der Waals surface area contributed by atoms with Crippen molar-refractivity contribution >= 4 is 28.3 Å². The molecule has 0 heterocycles. The van der Waals surface area contributed by atoms with E-state index in [9.17, 15) is 4.79 Å². The number of halogens is 1. The quantitative estimate of drug-likeness (QED) is 0.915. The van der Waals surface area contributed by atoms with E-state index < -0.39 is 5.97 Å². The molecule has 0 fully saturated rings. The number of carboxylic acids is 1. The highest BCUT2D eigenvalue weighted by Gasteiger charge is 2.11. The Labute approximate surface area is 110 Å². The third-order valence-electron chi connectivity index (χ3n) is 2.62. The summed E-state index contributed by atoms with van der Waals surface area (Å²) in [6.45, 7) is 1.73. The normalized spacial score (nSPS) is 12.3. The first-order valence-electron chi connectivity index (χ1n) is 5.63. The van der Waals surface area contributed by atoms with E-state index >= 15 is 0 Å². The molecule has 18 heavy (non-hydrogen) atoms. The number of carbonyl (C=O) groups is 1. The zero-order valence-corrected chi connectivity index (χ0v) is 10.6. The molecule has 0 amide bonds. The summed E-state index contributed by atoms with van der Waals surface area (Å²) in [6, 6.07) is 11.1. The molecule has 0 unspecified atom stereocenters. The van der Waals surface area contributed by atoms with Crippen LogP contribution in [0.5, 0.6) is 5.75 Å². The second-order valence-electron chi connectivity index (χ2n) is 4.12. The zero-order chi connectivity index (χ0) is 13.1. The Bertz CT molecular complexity index is 580. The minimum atomic E-state index is -0.874. The Hall–Kier alpha value is -1.74. The van der Waals surface area contributed by atoms with E-state index in [-0.39, 0.29) is 12.5 Å². The number of hydrogen-bond acceptors (Lipinski definition) is 2. The summed E-state index contributed by atoms with van der Waals surface area (Å²) in [5.74, 6) is -0.218. The summed E-state index contributed by atoms with van der Waals surface area (Å²) in [6.07, 6.45) is -0.413. The smallest absolute Gasteiger partial charge is 0.307 e. The van der Waals surface area contributed by atoms with Crippen LogP contribution in [0.1, 0.15) is 13.3 Å². The van der Waals surface area contributed by atoms with Crippen molar-refractivity contribution in [1.82, 2.24) is 0 Å². The van der Waals surface area contributed by atoms with Crippen molar-refractivity contribution in [2.24, 2.45) is 0 Å². The maximum Gasteiger partial charge on any atom is 0.307 e. The lowest BCUT2D eigenvalue weighted by atomic mass is 10.1. The number of fused-ring (bicyclic) bond motifs is 1. The number of carboxylic acid groups (broad SMARTS) is 1. The second-order valence-corrected chi connectivity index (χ2v) is 4.52. The van der Waals surface area contributed by atoms with Crippen LogP contribution in [0, 0.1) is 0 Å². The lowest BCUT2D eigenvalue weighted by Gasteiger charge is -2.15. The summed E-state index contributed by atoms with van der Waals surface area (Å²) in [5.41, 5.74) is 0. The molecule has 4 heteroatoms. The highest BCUT2D eigenvalue weighted by Crippen LogP contribution is 2.31. The van der Waals surface area contributed by atoms with E-state index in [0.29, 0.717) is 10.8 Å². The van der Waals surface area contributed by atoms with Crippen molar-refractivity contribution in [3.63, 3.8) is 0 Å². The van der Waals surface area contributed by atoms with E-state index in [1.807, 2.05) is 24.3 Å². The molecule has 0 aliphatic rings. The van der Waals surface area contributed by atoms with Crippen molar-refractivity contribution in [3.8, 4) is 5.75 Å². The number of ether oxygens (including phenoxy) is 1. The van der Waals surface area contributed by atoms with Crippen LogP contribution < -0.4 is 4.74 Å². The number of rotatable bonds is 4. The van der Waals surface area contributed by atoms with Gasteiger partial charge in [0.2, 0.25) is 0 Å². The predicted molar refractivity (Wildman–Crippen MR) is 71.3 cm³/mol. The van der Waals surface area contributed by atoms with Gasteiger partial charge in [-0.3, -0.25) is 4.79 Å². The summed E-state index contributed by atoms with van der Waals surface area (Å²) in [5, 5.41) is 11.2. The number of hydrogen-bond donors (Lipinski definition) is 1. The first-order chi connectivity index (χ1) is 8.58. The van der Waals surface area contributed by atoms with Gasteiger partial charge in [0, 0.05) is 15.8 Å². The molecule has 2 aromatic carbocycles. The molecule has 0 spiro atoms. The second kappa shape index (κ2) is 5.27. The van der Waals surface area contributed by atoms with Crippen LogP contribution >= 0.6 is 11.6 Å². The molecule has 0 aliphatic carbocycles. The van der Waals surface area contributed by atoms with Crippen LogP contribution in [0.4, 0.5) is 0 Å². The summed E-state index contributed by atoms with van der Waals surface area (Å²) >= 11 is 6.10. The van der Waals surface area contributed by atoms with Crippen LogP contribution in [-0.2, 0) is 4.79 Å². The van der Waals surface area contributed by atoms with E-state index in [1.54, 1.807) is 19.1 Å². The van der Waals surface area contributed by atoms with Gasteiger partial charge in [-0.05, 0) is 19.1 Å². The Kier molecular flexibility index (Phi) is 3.72. The monoisotopic (exact) mass is 264 g/mol. The Morgan fingerprint density at radius 2 is 1.94 bits per heavy atom. The molecule has 2 aromatic rings. The number of benzene rings is 2. The van der Waals surface area contributed by atoms with Crippen LogP contribution in [0.25, 0.3) is 10.8 Å². The van der Waals surface area contributed by atoms with Gasteiger partial charge in [-0.1, -0.05) is 35.9 Å². The highest BCUT2D eigenvalue weighted by atomic mass is 35.5. The average Bonchev–Trinajstić information content (AvgIpc) is 2.32. The first-order valence-corrected chi connectivity index (χ1v) is 6.01. The van der Waals surface area contributed by atoms with E-state index in [1.165, 1.54) is 0 Å². The van der Waals surface area contributed by atoms with Crippen molar-refractivity contribution in [3.05, 3.63) is 41.4 Å². The fourth-order valence-electron chi connectivity index (χ4n) is 1.84. The van der Waals surface area contributed by atoms with Gasteiger partial charge in [-0.25, -0.2) is 0 Å². The molecule has 0 saturated heterocycles. The molecule has 0 bridgehead atoms. The molecule has 1 N–H and O–H groups in total. The summed E-state index contributed by atoms with van der Waals surface area (Å²) < 4.78 is 5.65. The topological polar surface area (TPSA) is 46.5 Å². The average molecular weight is 265 g/mol. The van der Waals surface area contributed by atoms with Crippen LogP contribution in [0.15, 0.2) is 36.4 Å². The minimum absolute atomic E-state index is 0.0308. The van der Waals surface area contributed by atoms with Crippen molar-refractivity contribution in [2.45, 2.75) is 19.4 Å². The van der Waals surface area contributed by atoms with Gasteiger partial charge in [0.25, 0.3) is 0 Å². The van der Waals surface area contributed by atoms with Crippen molar-refractivity contribution in [2.75, 3.05) is 0 Å². The van der Waals surface area contributed by atoms with Gasteiger partial charge in [0.05, 0.1) is 6.42 Å². The van der Waals surface area contributed by atoms with Crippen LogP contribution in [0.3, 0.4) is 0 Å². The molecule has 3 nitrogen and oxygen atoms in total. The fraction of sp³-hybridized carbons (Fsp3) is 0.214. The maximum absolute atomic E-state index is 10.6. The minimum Gasteiger partial charge on any atom is -0.489 e. The van der Waals surface area contributed by atoms with Gasteiger partial charge in [-0.15, -0.1) is 0 Å². The Morgan fingerprint density at radius 3 is 2.61 bits per heavy atom. The zero-order valence-electron chi connectivity index (χ0n) is 9.89. The standard InChI is InChI=1S/C14H13ClO3/c1-9(8-14(16)17)18-13-7-6-12(15)10-4-2-3-5-11(10)13/h2-7,9H,8H2,1H3,(H,16,17)/t9-/m1/s1. The van der Waals surface area contributed by atoms with Gasteiger partial charge in [0.15, 0.2) is 0 Å². The Morgan fingerprint density at radius 1 is 1.28 bits per heavy atom. The Balaban J connectivity index is 2.34. The van der Waals surface area contributed by atoms with Gasteiger partial charge < -0.3 is 9.84 Å². The molecule has 1 atom stereocenters. The molecular weight excluding hydrogens is 252 g/mol.